The third kappa shape index (κ3) is 5.14. The second-order valence-corrected chi connectivity index (χ2v) is 12.9. The van der Waals surface area contributed by atoms with Gasteiger partial charge in [0.2, 0.25) is 5.89 Å². The second kappa shape index (κ2) is 10.9. The minimum Gasteiger partial charge on any atom is -0.448 e. The predicted molar refractivity (Wildman–Crippen MR) is 150 cm³/mol. The van der Waals surface area contributed by atoms with E-state index in [9.17, 15) is 15.3 Å². The van der Waals surface area contributed by atoms with Crippen molar-refractivity contribution < 1.29 is 19.7 Å². The molecule has 7 atom stereocenters. The maximum Gasteiger partial charge on any atom is 0.203 e. The van der Waals surface area contributed by atoms with Crippen molar-refractivity contribution in [2.75, 3.05) is 0 Å². The van der Waals surface area contributed by atoms with E-state index in [1.165, 1.54) is 31.3 Å². The number of rotatable bonds is 8. The minimum atomic E-state index is -0.643. The van der Waals surface area contributed by atoms with Crippen LogP contribution in [0.15, 0.2) is 58.3 Å². The van der Waals surface area contributed by atoms with E-state index in [1.807, 2.05) is 6.08 Å². The lowest BCUT2D eigenvalue weighted by Gasteiger charge is -2.44. The fourth-order valence-corrected chi connectivity index (χ4v) is 7.88. The van der Waals surface area contributed by atoms with Crippen LogP contribution in [0.2, 0.25) is 0 Å². The summed E-state index contributed by atoms with van der Waals surface area (Å²) in [4.78, 5) is 4.69. The first kappa shape index (κ1) is 27.6. The van der Waals surface area contributed by atoms with Crippen LogP contribution in [-0.2, 0) is 11.8 Å². The molecule has 0 radical (unpaired) electrons. The van der Waals surface area contributed by atoms with Gasteiger partial charge in [0, 0.05) is 6.42 Å². The van der Waals surface area contributed by atoms with E-state index in [4.69, 9.17) is 9.40 Å². The molecule has 0 aromatic carbocycles. The number of hydrogen-bond acceptors (Lipinski definition) is 5. The highest BCUT2D eigenvalue weighted by molar-refractivity contribution is 5.38. The molecule has 4 saturated carbocycles. The Balaban J connectivity index is 1.27. The zero-order valence-corrected chi connectivity index (χ0v) is 23.5. The number of fused-ring (bicyclic) bond motifs is 1. The van der Waals surface area contributed by atoms with Gasteiger partial charge < -0.3 is 19.7 Å². The molecule has 0 saturated heterocycles. The highest BCUT2D eigenvalue weighted by Gasteiger charge is 2.54. The predicted octanol–water partition coefficient (Wildman–Crippen LogP) is 6.35. The number of hydrogen-bond donors (Lipinski definition) is 3. The average Bonchev–Trinajstić information content (AvgIpc) is 3.42. The van der Waals surface area contributed by atoms with Crippen molar-refractivity contribution in [2.45, 2.75) is 115 Å². The normalized spacial score (nSPS) is 36.6. The Hall–Kier alpha value is -1.95. The van der Waals surface area contributed by atoms with Crippen molar-refractivity contribution in [3.8, 4) is 0 Å². The number of aryl methyl sites for hydroxylation is 1. The van der Waals surface area contributed by atoms with Gasteiger partial charge in [0.25, 0.3) is 0 Å². The maximum absolute atomic E-state index is 11.2. The molecule has 0 amide bonds. The quantitative estimate of drug-likeness (QED) is 0.347. The number of aliphatic hydroxyl groups is 3. The zero-order valence-electron chi connectivity index (χ0n) is 23.5. The molecule has 4 aliphatic carbocycles. The van der Waals surface area contributed by atoms with E-state index < -0.39 is 18.3 Å². The van der Waals surface area contributed by atoms with E-state index in [2.05, 4.69) is 45.6 Å². The Morgan fingerprint density at radius 1 is 1.18 bits per heavy atom. The van der Waals surface area contributed by atoms with E-state index >= 15 is 0 Å². The van der Waals surface area contributed by atoms with Crippen molar-refractivity contribution in [1.82, 2.24) is 4.98 Å². The Labute approximate surface area is 228 Å². The van der Waals surface area contributed by atoms with Crippen LogP contribution < -0.4 is 0 Å². The Kier molecular flexibility index (Phi) is 7.92. The molecule has 3 N–H and O–H groups in total. The Bertz CT molecular complexity index is 1110. The molecule has 1 aromatic rings. The first-order valence-electron chi connectivity index (χ1n) is 14.9. The van der Waals surface area contributed by atoms with Crippen molar-refractivity contribution in [3.63, 3.8) is 0 Å². The van der Waals surface area contributed by atoms with Crippen LogP contribution in [0.1, 0.15) is 96.6 Å². The average molecular weight is 522 g/mol. The SMILES string of the molecule is C=C1/C(=C\C=C2/CCC[C@]3(C)[C@@H]([C@@H](C)/C=C/[C@@H](O)C4(c5nc(CCC)co5)CC4)CC[C@@H]23)C[C@@H](O)C[C@@H]1O. The highest BCUT2D eigenvalue weighted by atomic mass is 16.3. The van der Waals surface area contributed by atoms with Gasteiger partial charge in [0.1, 0.15) is 6.26 Å². The standard InChI is InChI=1S/C33H47NO4/c1-5-7-25-20-38-31(34-25)33(16-17-33)30(37)14-9-21(2)27-12-13-28-23(8-6-15-32(27,28)4)10-11-24-18-26(35)19-29(36)22(24)3/h9-11,14,20-21,26-30,35-37H,3,5-8,12-13,15-19H2,1-2,4H3/b14-9+,23-10+,24-11-/t21-,26+,27+,28-,29-,30+,32+/m0/s1. The molecule has 4 aliphatic rings. The van der Waals surface area contributed by atoms with Gasteiger partial charge in [-0.1, -0.05) is 63.6 Å². The molecule has 4 fully saturated rings. The first-order chi connectivity index (χ1) is 18.2. The van der Waals surface area contributed by atoms with Gasteiger partial charge >= 0.3 is 0 Å². The number of nitrogens with zero attached hydrogens (tertiary/aromatic N) is 1. The summed E-state index contributed by atoms with van der Waals surface area (Å²) >= 11 is 0. The molecule has 5 nitrogen and oxygen atoms in total. The molecule has 0 unspecified atom stereocenters. The van der Waals surface area contributed by atoms with E-state index in [0.29, 0.717) is 36.5 Å². The number of oxazole rings is 1. The van der Waals surface area contributed by atoms with Gasteiger partial charge in [-0.05, 0) is 92.1 Å². The third-order valence-electron chi connectivity index (χ3n) is 10.4. The monoisotopic (exact) mass is 521 g/mol. The molecular formula is C33H47NO4. The molecule has 1 aromatic heterocycles. The minimum absolute atomic E-state index is 0.245. The Morgan fingerprint density at radius 2 is 1.97 bits per heavy atom. The van der Waals surface area contributed by atoms with Gasteiger partial charge in [-0.25, -0.2) is 4.98 Å². The third-order valence-corrected chi connectivity index (χ3v) is 10.4. The summed E-state index contributed by atoms with van der Waals surface area (Å²) in [7, 11) is 0. The van der Waals surface area contributed by atoms with Crippen LogP contribution >= 0.6 is 0 Å². The maximum atomic E-state index is 11.2. The van der Waals surface area contributed by atoms with E-state index in [0.717, 1.165) is 48.9 Å². The van der Waals surface area contributed by atoms with Crippen LogP contribution in [0.25, 0.3) is 0 Å². The molecule has 0 spiro atoms. The van der Waals surface area contributed by atoms with E-state index in [-0.39, 0.29) is 10.8 Å². The van der Waals surface area contributed by atoms with Crippen molar-refractivity contribution in [2.24, 2.45) is 23.2 Å². The molecule has 1 heterocycles. The van der Waals surface area contributed by atoms with Gasteiger partial charge in [0.05, 0.1) is 29.4 Å². The number of aromatic nitrogens is 1. The van der Waals surface area contributed by atoms with Crippen LogP contribution in [0.4, 0.5) is 0 Å². The fraction of sp³-hybridized carbons (Fsp3) is 0.667. The lowest BCUT2D eigenvalue weighted by molar-refractivity contribution is 0.0862. The van der Waals surface area contributed by atoms with Crippen molar-refractivity contribution in [3.05, 3.63) is 65.5 Å². The smallest absolute Gasteiger partial charge is 0.203 e. The highest BCUT2D eigenvalue weighted by Crippen LogP contribution is 2.60. The van der Waals surface area contributed by atoms with Crippen molar-refractivity contribution >= 4 is 0 Å². The molecule has 208 valence electrons. The largest absolute Gasteiger partial charge is 0.448 e. The van der Waals surface area contributed by atoms with Crippen LogP contribution in [0.5, 0.6) is 0 Å². The lowest BCUT2D eigenvalue weighted by Crippen LogP contribution is -2.35. The van der Waals surface area contributed by atoms with Gasteiger partial charge in [-0.2, -0.15) is 0 Å². The van der Waals surface area contributed by atoms with E-state index in [1.54, 1.807) is 6.26 Å². The summed E-state index contributed by atoms with van der Waals surface area (Å²) in [5.74, 6) is 2.23. The molecule has 38 heavy (non-hydrogen) atoms. The number of aliphatic hydroxyl groups excluding tert-OH is 3. The summed E-state index contributed by atoms with van der Waals surface area (Å²) in [5.41, 5.74) is 4.14. The first-order valence-corrected chi connectivity index (χ1v) is 14.9. The topological polar surface area (TPSA) is 86.7 Å². The zero-order chi connectivity index (χ0) is 27.1. The molecule has 5 rings (SSSR count). The van der Waals surface area contributed by atoms with Gasteiger partial charge in [-0.3, -0.25) is 0 Å². The molecule has 0 aliphatic heterocycles. The number of allylic oxidation sites excluding steroid dienone is 4. The van der Waals surface area contributed by atoms with Crippen molar-refractivity contribution in [1.29, 1.82) is 0 Å². The molecule has 5 heteroatoms. The Morgan fingerprint density at radius 3 is 2.71 bits per heavy atom. The fourth-order valence-electron chi connectivity index (χ4n) is 7.88. The summed E-state index contributed by atoms with van der Waals surface area (Å²) < 4.78 is 5.81. The molecular weight excluding hydrogens is 474 g/mol. The van der Waals surface area contributed by atoms with Crippen LogP contribution in [-0.4, -0.2) is 38.6 Å². The van der Waals surface area contributed by atoms with Crippen LogP contribution in [0, 0.1) is 23.2 Å². The summed E-state index contributed by atoms with van der Waals surface area (Å²) in [6, 6.07) is 0. The lowest BCUT2D eigenvalue weighted by atomic mass is 9.61. The molecule has 0 bridgehead atoms. The van der Waals surface area contributed by atoms with Gasteiger partial charge in [-0.15, -0.1) is 0 Å². The second-order valence-electron chi connectivity index (χ2n) is 12.9. The van der Waals surface area contributed by atoms with Crippen LogP contribution in [0.3, 0.4) is 0 Å². The summed E-state index contributed by atoms with van der Waals surface area (Å²) in [5, 5.41) is 31.5. The summed E-state index contributed by atoms with van der Waals surface area (Å²) in [6.07, 6.45) is 19.4. The van der Waals surface area contributed by atoms with Gasteiger partial charge in [0.15, 0.2) is 0 Å². The summed E-state index contributed by atoms with van der Waals surface area (Å²) in [6.45, 7) is 11.0.